The summed E-state index contributed by atoms with van der Waals surface area (Å²) in [6.45, 7) is 8.17. The van der Waals surface area contributed by atoms with E-state index in [-0.39, 0.29) is 5.69 Å². The molecule has 0 bridgehead atoms. The summed E-state index contributed by atoms with van der Waals surface area (Å²) in [5.74, 6) is 0.705. The van der Waals surface area contributed by atoms with Gasteiger partial charge in [0.15, 0.2) is 0 Å². The molecular formula is C13H23N5O2. The first-order valence-corrected chi connectivity index (χ1v) is 7.13. The van der Waals surface area contributed by atoms with E-state index in [4.69, 9.17) is 0 Å². The van der Waals surface area contributed by atoms with Gasteiger partial charge in [-0.15, -0.1) is 0 Å². The van der Waals surface area contributed by atoms with Crippen molar-refractivity contribution in [1.82, 2.24) is 9.97 Å². The number of aromatic nitrogens is 2. The smallest absolute Gasteiger partial charge is 0.353 e. The first-order chi connectivity index (χ1) is 9.65. The topological polar surface area (TPSA) is 84.2 Å². The number of nitro groups is 1. The summed E-state index contributed by atoms with van der Waals surface area (Å²) in [4.78, 5) is 21.0. The maximum atomic E-state index is 11.4. The number of hydrogen-bond donors (Lipinski definition) is 1. The Morgan fingerprint density at radius 2 is 2.05 bits per heavy atom. The van der Waals surface area contributed by atoms with Crippen LogP contribution in [0.15, 0.2) is 6.33 Å². The van der Waals surface area contributed by atoms with Crippen LogP contribution in [0.3, 0.4) is 0 Å². The first-order valence-electron chi connectivity index (χ1n) is 7.13. The molecule has 1 aromatic heterocycles. The van der Waals surface area contributed by atoms with Crippen molar-refractivity contribution in [2.24, 2.45) is 0 Å². The highest BCUT2D eigenvalue weighted by molar-refractivity contribution is 5.70. The summed E-state index contributed by atoms with van der Waals surface area (Å²) in [7, 11) is 0. The minimum absolute atomic E-state index is 0.0288. The van der Waals surface area contributed by atoms with Gasteiger partial charge in [0.25, 0.3) is 0 Å². The molecule has 7 nitrogen and oxygen atoms in total. The lowest BCUT2D eigenvalue weighted by Crippen LogP contribution is -2.26. The second-order valence-corrected chi connectivity index (χ2v) is 4.51. The van der Waals surface area contributed by atoms with Crippen molar-refractivity contribution in [3.63, 3.8) is 0 Å². The van der Waals surface area contributed by atoms with Crippen molar-refractivity contribution in [3.8, 4) is 0 Å². The van der Waals surface area contributed by atoms with Gasteiger partial charge < -0.3 is 10.2 Å². The molecule has 0 aromatic carbocycles. The standard InChI is InChI=1S/C13H23N5O2/c1-4-7-9-17(6-3)13-11(18(19)20)12(14-8-5-2)15-10-16-13/h10H,4-9H2,1-3H3,(H,14,15,16). The van der Waals surface area contributed by atoms with Crippen LogP contribution in [0.1, 0.15) is 40.0 Å². The zero-order valence-electron chi connectivity index (χ0n) is 12.4. The normalized spacial score (nSPS) is 10.3. The fourth-order valence-corrected chi connectivity index (χ4v) is 1.90. The lowest BCUT2D eigenvalue weighted by atomic mass is 10.3. The van der Waals surface area contributed by atoms with E-state index in [0.29, 0.717) is 24.7 Å². The lowest BCUT2D eigenvalue weighted by molar-refractivity contribution is -0.383. The fourth-order valence-electron chi connectivity index (χ4n) is 1.90. The van der Waals surface area contributed by atoms with Crippen LogP contribution in [0, 0.1) is 10.1 Å². The Morgan fingerprint density at radius 3 is 2.60 bits per heavy atom. The minimum Gasteiger partial charge on any atom is -0.364 e. The lowest BCUT2D eigenvalue weighted by Gasteiger charge is -2.21. The number of hydrogen-bond acceptors (Lipinski definition) is 6. The average Bonchev–Trinajstić information content (AvgIpc) is 2.45. The molecule has 0 radical (unpaired) electrons. The molecule has 1 aromatic rings. The van der Waals surface area contributed by atoms with Gasteiger partial charge >= 0.3 is 5.69 Å². The van der Waals surface area contributed by atoms with Gasteiger partial charge in [-0.05, 0) is 19.8 Å². The highest BCUT2D eigenvalue weighted by Gasteiger charge is 2.25. The molecule has 0 aliphatic heterocycles. The SMILES string of the molecule is CCCCN(CC)c1ncnc(NCCC)c1[N+](=O)[O-]. The third-order valence-corrected chi connectivity index (χ3v) is 2.99. The van der Waals surface area contributed by atoms with E-state index in [2.05, 4.69) is 22.2 Å². The van der Waals surface area contributed by atoms with Crippen LogP contribution in [-0.4, -0.2) is 34.5 Å². The molecule has 0 unspecified atom stereocenters. The molecule has 0 atom stereocenters. The number of unbranched alkanes of at least 4 members (excludes halogenated alkanes) is 1. The summed E-state index contributed by atoms with van der Waals surface area (Å²) in [5.41, 5.74) is -0.0288. The van der Waals surface area contributed by atoms with Crippen molar-refractivity contribution in [2.75, 3.05) is 29.9 Å². The number of anilines is 2. The van der Waals surface area contributed by atoms with Crippen molar-refractivity contribution in [1.29, 1.82) is 0 Å². The predicted molar refractivity (Wildman–Crippen MR) is 80.3 cm³/mol. The van der Waals surface area contributed by atoms with Crippen molar-refractivity contribution >= 4 is 17.3 Å². The van der Waals surface area contributed by atoms with E-state index in [1.165, 1.54) is 6.33 Å². The number of nitrogens with one attached hydrogen (secondary N) is 1. The molecule has 1 heterocycles. The Balaban J connectivity index is 3.12. The minimum atomic E-state index is -0.401. The Hall–Kier alpha value is -1.92. The van der Waals surface area contributed by atoms with Gasteiger partial charge in [-0.3, -0.25) is 10.1 Å². The van der Waals surface area contributed by atoms with Gasteiger partial charge in [-0.1, -0.05) is 20.3 Å². The Bertz CT molecular complexity index is 439. The van der Waals surface area contributed by atoms with Crippen LogP contribution in [0.25, 0.3) is 0 Å². The van der Waals surface area contributed by atoms with E-state index in [0.717, 1.165) is 25.8 Å². The molecule has 20 heavy (non-hydrogen) atoms. The van der Waals surface area contributed by atoms with E-state index >= 15 is 0 Å². The van der Waals surface area contributed by atoms with Crippen molar-refractivity contribution in [3.05, 3.63) is 16.4 Å². The summed E-state index contributed by atoms with van der Waals surface area (Å²) in [5, 5.41) is 14.4. The second-order valence-electron chi connectivity index (χ2n) is 4.51. The maximum absolute atomic E-state index is 11.4. The van der Waals surface area contributed by atoms with Gasteiger partial charge in [-0.25, -0.2) is 9.97 Å². The summed E-state index contributed by atoms with van der Waals surface area (Å²) >= 11 is 0. The second kappa shape index (κ2) is 8.29. The molecule has 0 aliphatic carbocycles. The Morgan fingerprint density at radius 1 is 1.30 bits per heavy atom. The maximum Gasteiger partial charge on any atom is 0.353 e. The number of nitrogens with zero attached hydrogens (tertiary/aromatic N) is 4. The molecule has 0 amide bonds. The van der Waals surface area contributed by atoms with Crippen LogP contribution in [-0.2, 0) is 0 Å². The largest absolute Gasteiger partial charge is 0.364 e. The summed E-state index contributed by atoms with van der Waals surface area (Å²) in [6.07, 6.45) is 4.28. The van der Waals surface area contributed by atoms with Gasteiger partial charge in [0.1, 0.15) is 6.33 Å². The third-order valence-electron chi connectivity index (χ3n) is 2.99. The zero-order valence-corrected chi connectivity index (χ0v) is 12.4. The van der Waals surface area contributed by atoms with Crippen LogP contribution < -0.4 is 10.2 Å². The molecule has 7 heteroatoms. The van der Waals surface area contributed by atoms with E-state index < -0.39 is 4.92 Å². The Kier molecular flexibility index (Phi) is 6.69. The monoisotopic (exact) mass is 281 g/mol. The van der Waals surface area contributed by atoms with Gasteiger partial charge in [0.2, 0.25) is 11.6 Å². The molecule has 1 rings (SSSR count). The van der Waals surface area contributed by atoms with Gasteiger partial charge in [0.05, 0.1) is 4.92 Å². The molecule has 1 N–H and O–H groups in total. The molecule has 0 spiro atoms. The van der Waals surface area contributed by atoms with Crippen LogP contribution >= 0.6 is 0 Å². The van der Waals surface area contributed by atoms with Gasteiger partial charge in [0, 0.05) is 19.6 Å². The third kappa shape index (κ3) is 4.04. The predicted octanol–water partition coefficient (Wildman–Crippen LogP) is 2.83. The zero-order chi connectivity index (χ0) is 15.0. The molecular weight excluding hydrogens is 258 g/mol. The first kappa shape index (κ1) is 16.1. The van der Waals surface area contributed by atoms with Crippen molar-refractivity contribution in [2.45, 2.75) is 40.0 Å². The number of rotatable bonds is 9. The molecule has 0 fully saturated rings. The Labute approximate surface area is 119 Å². The van der Waals surface area contributed by atoms with Crippen LogP contribution in [0.5, 0.6) is 0 Å². The quantitative estimate of drug-likeness (QED) is 0.553. The van der Waals surface area contributed by atoms with Gasteiger partial charge in [-0.2, -0.15) is 0 Å². The highest BCUT2D eigenvalue weighted by atomic mass is 16.6. The molecule has 0 saturated carbocycles. The molecule has 0 aliphatic rings. The van der Waals surface area contributed by atoms with Crippen LogP contribution in [0.4, 0.5) is 17.3 Å². The van der Waals surface area contributed by atoms with E-state index in [1.807, 2.05) is 18.7 Å². The summed E-state index contributed by atoms with van der Waals surface area (Å²) in [6, 6.07) is 0. The van der Waals surface area contributed by atoms with Crippen LogP contribution in [0.2, 0.25) is 0 Å². The highest BCUT2D eigenvalue weighted by Crippen LogP contribution is 2.31. The van der Waals surface area contributed by atoms with Crippen molar-refractivity contribution < 1.29 is 4.92 Å². The fraction of sp³-hybridized carbons (Fsp3) is 0.692. The summed E-state index contributed by atoms with van der Waals surface area (Å²) < 4.78 is 0. The van der Waals surface area contributed by atoms with E-state index in [1.54, 1.807) is 0 Å². The molecule has 112 valence electrons. The molecule has 0 saturated heterocycles. The van der Waals surface area contributed by atoms with E-state index in [9.17, 15) is 10.1 Å². The average molecular weight is 281 g/mol.